The molecule has 0 nitrogen and oxygen atoms in total. The minimum Gasteiger partial charge on any atom is -0.0579 e. The molecule has 2 aliphatic carbocycles. The molecule has 2 aliphatic rings. The molecule has 0 amide bonds. The van der Waals surface area contributed by atoms with Gasteiger partial charge in [0.2, 0.25) is 0 Å². The van der Waals surface area contributed by atoms with E-state index in [2.05, 4.69) is 30.3 Å². The summed E-state index contributed by atoms with van der Waals surface area (Å²) in [5.74, 6) is 0. The van der Waals surface area contributed by atoms with Crippen LogP contribution in [-0.2, 0) is 5.41 Å². The Labute approximate surface area is 127 Å². The summed E-state index contributed by atoms with van der Waals surface area (Å²) in [4.78, 5) is 0. The van der Waals surface area contributed by atoms with Crippen LogP contribution in [0.2, 0.25) is 11.6 Å². The van der Waals surface area contributed by atoms with Gasteiger partial charge in [-0.25, -0.2) is 0 Å². The zero-order valence-electron chi connectivity index (χ0n) is 12.9. The highest BCUT2D eigenvalue weighted by Gasteiger charge is 2.34. The molecule has 1 aromatic carbocycles. The molecule has 1 radical (unpaired) electrons. The highest BCUT2D eigenvalue weighted by molar-refractivity contribution is 6.38. The average Bonchev–Trinajstić information content (AvgIpc) is 2.56. The van der Waals surface area contributed by atoms with Gasteiger partial charge in [-0.1, -0.05) is 87.2 Å². The summed E-state index contributed by atoms with van der Waals surface area (Å²) in [7, 11) is 0.110. The Balaban J connectivity index is 1.69. The van der Waals surface area contributed by atoms with Gasteiger partial charge in [0.25, 0.3) is 0 Å². The molecule has 0 unspecified atom stereocenters. The van der Waals surface area contributed by atoms with Crippen LogP contribution in [0.15, 0.2) is 24.3 Å². The summed E-state index contributed by atoms with van der Waals surface area (Å²) in [6.45, 7) is 0. The summed E-state index contributed by atoms with van der Waals surface area (Å²) >= 11 is 0. The smallest absolute Gasteiger partial charge is 0.0241 e. The molecular weight excluding hydrogens is 256 g/mol. The first-order valence-electron chi connectivity index (χ1n) is 8.86. The molecule has 2 saturated carbocycles. The molecule has 0 atom stereocenters. The molecule has 0 aliphatic heterocycles. The van der Waals surface area contributed by atoms with Gasteiger partial charge in [0.1, 0.15) is 0 Å². The van der Waals surface area contributed by atoms with E-state index in [-0.39, 0.29) is 9.52 Å². The highest BCUT2D eigenvalue weighted by atomic mass is 28.2. The van der Waals surface area contributed by atoms with E-state index in [4.69, 9.17) is 0 Å². The molecule has 0 bridgehead atoms. The van der Waals surface area contributed by atoms with Crippen molar-refractivity contribution in [2.75, 3.05) is 0 Å². The first-order chi connectivity index (χ1) is 9.89. The SMILES string of the molecule is [c]1ccc(C2(C[SiH2]C3CCCCC3)CCCCC2)cc1. The van der Waals surface area contributed by atoms with Crippen molar-refractivity contribution in [2.24, 2.45) is 0 Å². The van der Waals surface area contributed by atoms with Crippen molar-refractivity contribution in [1.82, 2.24) is 0 Å². The fourth-order valence-electron chi connectivity index (χ4n) is 4.61. The molecule has 2 fully saturated rings. The van der Waals surface area contributed by atoms with E-state index in [0.717, 1.165) is 5.54 Å². The lowest BCUT2D eigenvalue weighted by Gasteiger charge is -2.39. The molecule has 0 N–H and O–H groups in total. The van der Waals surface area contributed by atoms with Crippen LogP contribution < -0.4 is 0 Å². The summed E-state index contributed by atoms with van der Waals surface area (Å²) in [6.07, 6.45) is 14.9. The van der Waals surface area contributed by atoms with Crippen LogP contribution in [0.25, 0.3) is 0 Å². The molecule has 3 rings (SSSR count). The Hall–Kier alpha value is -0.563. The summed E-state index contributed by atoms with van der Waals surface area (Å²) < 4.78 is 0. The number of benzene rings is 1. The molecular formula is C19H29Si. The van der Waals surface area contributed by atoms with Crippen LogP contribution in [0.4, 0.5) is 0 Å². The van der Waals surface area contributed by atoms with Crippen molar-refractivity contribution in [1.29, 1.82) is 0 Å². The maximum Gasteiger partial charge on any atom is 0.0241 e. The van der Waals surface area contributed by atoms with Crippen LogP contribution in [0.5, 0.6) is 0 Å². The highest BCUT2D eigenvalue weighted by Crippen LogP contribution is 2.44. The minimum atomic E-state index is 0.110. The molecule has 20 heavy (non-hydrogen) atoms. The molecule has 1 heteroatoms. The molecule has 1 aromatic rings. The second-order valence-corrected chi connectivity index (χ2v) is 9.40. The summed E-state index contributed by atoms with van der Waals surface area (Å²) in [5, 5.41) is 0. The fourth-order valence-corrected chi connectivity index (χ4v) is 7.51. The predicted octanol–water partition coefficient (Wildman–Crippen LogP) is 5.03. The van der Waals surface area contributed by atoms with Crippen molar-refractivity contribution in [3.8, 4) is 0 Å². The lowest BCUT2D eigenvalue weighted by Crippen LogP contribution is -2.31. The minimum absolute atomic E-state index is 0.110. The lowest BCUT2D eigenvalue weighted by atomic mass is 9.71. The van der Waals surface area contributed by atoms with Gasteiger partial charge in [0, 0.05) is 9.52 Å². The third-order valence-electron chi connectivity index (χ3n) is 5.90. The van der Waals surface area contributed by atoms with Crippen molar-refractivity contribution >= 4 is 9.52 Å². The van der Waals surface area contributed by atoms with Crippen LogP contribution >= 0.6 is 0 Å². The largest absolute Gasteiger partial charge is 0.0579 e. The van der Waals surface area contributed by atoms with E-state index in [1.54, 1.807) is 24.4 Å². The van der Waals surface area contributed by atoms with Gasteiger partial charge in [-0.2, -0.15) is 0 Å². The Bertz CT molecular complexity index is 385. The maximum atomic E-state index is 3.21. The van der Waals surface area contributed by atoms with Crippen molar-refractivity contribution < 1.29 is 0 Å². The third kappa shape index (κ3) is 3.36. The Kier molecular flexibility index (Phi) is 4.98. The second-order valence-electron chi connectivity index (χ2n) is 7.17. The first kappa shape index (κ1) is 14.4. The normalized spacial score (nSPS) is 24.2. The van der Waals surface area contributed by atoms with E-state index in [0.29, 0.717) is 5.41 Å². The predicted molar refractivity (Wildman–Crippen MR) is 90.2 cm³/mol. The first-order valence-corrected chi connectivity index (χ1v) is 10.7. The Morgan fingerprint density at radius 1 is 0.950 bits per heavy atom. The summed E-state index contributed by atoms with van der Waals surface area (Å²) in [6, 6.07) is 13.8. The molecule has 109 valence electrons. The fraction of sp³-hybridized carbons (Fsp3) is 0.684. The topological polar surface area (TPSA) is 0 Å². The number of rotatable bonds is 4. The maximum absolute atomic E-state index is 3.21. The van der Waals surface area contributed by atoms with Crippen LogP contribution in [0.3, 0.4) is 0 Å². The van der Waals surface area contributed by atoms with E-state index >= 15 is 0 Å². The van der Waals surface area contributed by atoms with Crippen LogP contribution in [-0.4, -0.2) is 9.52 Å². The van der Waals surface area contributed by atoms with E-state index < -0.39 is 0 Å². The zero-order chi connectivity index (χ0) is 13.7. The van der Waals surface area contributed by atoms with E-state index in [1.165, 1.54) is 51.4 Å². The second kappa shape index (κ2) is 6.93. The third-order valence-corrected chi connectivity index (χ3v) is 8.78. The van der Waals surface area contributed by atoms with Gasteiger partial charge in [0.15, 0.2) is 0 Å². The van der Waals surface area contributed by atoms with Crippen LogP contribution in [0.1, 0.15) is 69.8 Å². The summed E-state index contributed by atoms with van der Waals surface area (Å²) in [5.41, 5.74) is 3.37. The molecule has 0 spiro atoms. The van der Waals surface area contributed by atoms with Crippen molar-refractivity contribution in [3.63, 3.8) is 0 Å². The number of hydrogen-bond acceptors (Lipinski definition) is 0. The Morgan fingerprint density at radius 2 is 1.60 bits per heavy atom. The van der Waals surface area contributed by atoms with Gasteiger partial charge >= 0.3 is 0 Å². The average molecular weight is 286 g/mol. The van der Waals surface area contributed by atoms with Gasteiger partial charge in [-0.05, 0) is 29.9 Å². The van der Waals surface area contributed by atoms with Gasteiger partial charge < -0.3 is 0 Å². The van der Waals surface area contributed by atoms with Gasteiger partial charge in [-0.15, -0.1) is 0 Å². The molecule has 0 aromatic heterocycles. The van der Waals surface area contributed by atoms with Crippen molar-refractivity contribution in [3.05, 3.63) is 35.9 Å². The van der Waals surface area contributed by atoms with E-state index in [9.17, 15) is 0 Å². The zero-order valence-corrected chi connectivity index (χ0v) is 14.3. The molecule has 0 saturated heterocycles. The monoisotopic (exact) mass is 285 g/mol. The van der Waals surface area contributed by atoms with E-state index in [1.807, 2.05) is 0 Å². The molecule has 0 heterocycles. The quantitative estimate of drug-likeness (QED) is 0.681. The van der Waals surface area contributed by atoms with Crippen molar-refractivity contribution in [2.45, 2.75) is 81.2 Å². The van der Waals surface area contributed by atoms with Crippen LogP contribution in [0, 0.1) is 6.07 Å². The number of hydrogen-bond donors (Lipinski definition) is 0. The Morgan fingerprint density at radius 3 is 2.30 bits per heavy atom. The van der Waals surface area contributed by atoms with Gasteiger partial charge in [-0.3, -0.25) is 0 Å². The standard InChI is InChI=1S/C19H29Si/c1-4-10-17(11-5-1)19(14-8-3-9-15-19)16-20-18-12-6-2-7-13-18/h4-5,10-11,18H,2-3,6-9,12-16,20H2. The lowest BCUT2D eigenvalue weighted by molar-refractivity contribution is 0.317. The van der Waals surface area contributed by atoms with Gasteiger partial charge in [0.05, 0.1) is 0 Å².